The molecule has 6 heteroatoms. The summed E-state index contributed by atoms with van der Waals surface area (Å²) in [5.41, 5.74) is 4.92. The predicted octanol–water partition coefficient (Wildman–Crippen LogP) is 3.47. The zero-order valence-electron chi connectivity index (χ0n) is 14.4. The zero-order chi connectivity index (χ0) is 17.0. The SMILES string of the molecule is COCCn1c(C)cc(C(=O)CSCc2c(C)noc2C)c1C. The Morgan fingerprint density at radius 2 is 2.09 bits per heavy atom. The highest BCUT2D eigenvalue weighted by Crippen LogP contribution is 2.22. The van der Waals surface area contributed by atoms with E-state index in [0.717, 1.165) is 46.3 Å². The summed E-state index contributed by atoms with van der Waals surface area (Å²) in [5.74, 6) is 2.20. The molecule has 0 aliphatic carbocycles. The van der Waals surface area contributed by atoms with Crippen molar-refractivity contribution in [2.75, 3.05) is 19.5 Å². The molecule has 0 atom stereocenters. The minimum atomic E-state index is 0.165. The Hall–Kier alpha value is -1.53. The van der Waals surface area contributed by atoms with E-state index in [1.807, 2.05) is 33.8 Å². The van der Waals surface area contributed by atoms with Crippen LogP contribution in [0, 0.1) is 27.7 Å². The topological polar surface area (TPSA) is 57.3 Å². The quantitative estimate of drug-likeness (QED) is 0.691. The molecule has 2 aromatic rings. The third kappa shape index (κ3) is 4.06. The van der Waals surface area contributed by atoms with Crippen LogP contribution < -0.4 is 0 Å². The lowest BCUT2D eigenvalue weighted by atomic mass is 10.2. The van der Waals surface area contributed by atoms with Crippen molar-refractivity contribution in [2.45, 2.75) is 40.0 Å². The number of aromatic nitrogens is 2. The molecule has 0 radical (unpaired) electrons. The number of thioether (sulfide) groups is 1. The van der Waals surface area contributed by atoms with E-state index in [4.69, 9.17) is 9.26 Å². The first-order chi connectivity index (χ1) is 11.0. The maximum atomic E-state index is 12.5. The molecule has 0 amide bonds. The molecule has 2 rings (SSSR count). The van der Waals surface area contributed by atoms with Crippen LogP contribution in [0.1, 0.15) is 38.8 Å². The molecule has 0 aliphatic rings. The monoisotopic (exact) mass is 336 g/mol. The van der Waals surface area contributed by atoms with Crippen LogP contribution in [0.3, 0.4) is 0 Å². The molecule has 0 bridgehead atoms. The Morgan fingerprint density at radius 1 is 1.35 bits per heavy atom. The van der Waals surface area contributed by atoms with Gasteiger partial charge in [0.1, 0.15) is 5.76 Å². The summed E-state index contributed by atoms with van der Waals surface area (Å²) in [6, 6.07) is 1.98. The summed E-state index contributed by atoms with van der Waals surface area (Å²) >= 11 is 1.60. The molecule has 0 unspecified atom stereocenters. The van der Waals surface area contributed by atoms with Crippen molar-refractivity contribution in [3.05, 3.63) is 40.0 Å². The second kappa shape index (κ2) is 7.84. The number of nitrogens with zero attached hydrogens (tertiary/aromatic N) is 2. The van der Waals surface area contributed by atoms with Gasteiger partial charge >= 0.3 is 0 Å². The van der Waals surface area contributed by atoms with Gasteiger partial charge in [-0.25, -0.2) is 0 Å². The van der Waals surface area contributed by atoms with E-state index in [2.05, 4.69) is 9.72 Å². The van der Waals surface area contributed by atoms with Crippen LogP contribution in [0.2, 0.25) is 0 Å². The lowest BCUT2D eigenvalue weighted by molar-refractivity contribution is 0.102. The number of carbonyl (C=O) groups excluding carboxylic acids is 1. The van der Waals surface area contributed by atoms with Gasteiger partial charge in [0, 0.05) is 41.9 Å². The van der Waals surface area contributed by atoms with Gasteiger partial charge in [-0.05, 0) is 33.8 Å². The number of ether oxygens (including phenoxy) is 1. The normalized spacial score (nSPS) is 11.2. The van der Waals surface area contributed by atoms with Crippen molar-refractivity contribution >= 4 is 17.5 Å². The van der Waals surface area contributed by atoms with Crippen LogP contribution in [0.25, 0.3) is 0 Å². The van der Waals surface area contributed by atoms with Crippen LogP contribution in [0.15, 0.2) is 10.6 Å². The molecular formula is C17H24N2O3S. The van der Waals surface area contributed by atoms with Crippen molar-refractivity contribution < 1.29 is 14.1 Å². The third-order valence-electron chi connectivity index (χ3n) is 4.05. The van der Waals surface area contributed by atoms with Crippen molar-refractivity contribution in [2.24, 2.45) is 0 Å². The minimum Gasteiger partial charge on any atom is -0.383 e. The van der Waals surface area contributed by atoms with Crippen LogP contribution in [-0.2, 0) is 17.0 Å². The fourth-order valence-corrected chi connectivity index (χ4v) is 3.70. The Bertz CT molecular complexity index is 669. The molecule has 0 saturated heterocycles. The minimum absolute atomic E-state index is 0.165. The fourth-order valence-electron chi connectivity index (χ4n) is 2.64. The molecule has 0 N–H and O–H groups in total. The average Bonchev–Trinajstić information content (AvgIpc) is 2.98. The lowest BCUT2D eigenvalue weighted by Gasteiger charge is -2.08. The number of ketones is 1. The highest BCUT2D eigenvalue weighted by Gasteiger charge is 2.16. The van der Waals surface area contributed by atoms with Crippen molar-refractivity contribution in [3.63, 3.8) is 0 Å². The second-order valence-corrected chi connectivity index (χ2v) is 6.63. The van der Waals surface area contributed by atoms with E-state index in [-0.39, 0.29) is 5.78 Å². The first-order valence-corrected chi connectivity index (χ1v) is 8.79. The number of carbonyl (C=O) groups is 1. The molecule has 0 aliphatic heterocycles. The third-order valence-corrected chi connectivity index (χ3v) is 5.01. The number of aryl methyl sites for hydroxylation is 3. The second-order valence-electron chi connectivity index (χ2n) is 5.65. The van der Waals surface area contributed by atoms with E-state index < -0.39 is 0 Å². The van der Waals surface area contributed by atoms with Crippen LogP contribution in [-0.4, -0.2) is 35.0 Å². The molecule has 5 nitrogen and oxygen atoms in total. The van der Waals surface area contributed by atoms with Crippen molar-refractivity contribution in [1.29, 1.82) is 0 Å². The van der Waals surface area contributed by atoms with E-state index >= 15 is 0 Å². The smallest absolute Gasteiger partial charge is 0.174 e. The van der Waals surface area contributed by atoms with Gasteiger partial charge < -0.3 is 13.8 Å². The Morgan fingerprint density at radius 3 is 2.70 bits per heavy atom. The zero-order valence-corrected chi connectivity index (χ0v) is 15.2. The highest BCUT2D eigenvalue weighted by molar-refractivity contribution is 7.99. The fraction of sp³-hybridized carbons (Fsp3) is 0.529. The average molecular weight is 336 g/mol. The molecule has 126 valence electrons. The summed E-state index contributed by atoms with van der Waals surface area (Å²) in [4.78, 5) is 12.5. The molecule has 0 fully saturated rings. The van der Waals surface area contributed by atoms with Gasteiger partial charge in [0.2, 0.25) is 0 Å². The van der Waals surface area contributed by atoms with Crippen LogP contribution in [0.4, 0.5) is 0 Å². The summed E-state index contributed by atoms with van der Waals surface area (Å²) in [7, 11) is 1.69. The maximum Gasteiger partial charge on any atom is 0.174 e. The summed E-state index contributed by atoms with van der Waals surface area (Å²) in [6.45, 7) is 9.27. The Labute approximate surface area is 141 Å². The van der Waals surface area contributed by atoms with E-state index in [9.17, 15) is 4.79 Å². The summed E-state index contributed by atoms with van der Waals surface area (Å²) < 4.78 is 12.4. The number of rotatable bonds is 8. The Balaban J connectivity index is 1.98. The van der Waals surface area contributed by atoms with Gasteiger partial charge in [-0.3, -0.25) is 4.79 Å². The van der Waals surface area contributed by atoms with E-state index in [1.54, 1.807) is 18.9 Å². The number of hydrogen-bond acceptors (Lipinski definition) is 5. The standard InChI is InChI=1S/C17H24N2O3S/c1-11-8-15(13(3)19(11)6-7-21-5)17(20)10-23-9-16-12(2)18-22-14(16)4/h8H,6-7,9-10H2,1-5H3. The molecule has 23 heavy (non-hydrogen) atoms. The molecule has 0 saturated carbocycles. The van der Waals surface area contributed by atoms with E-state index in [1.165, 1.54) is 0 Å². The van der Waals surface area contributed by atoms with Gasteiger partial charge in [-0.15, -0.1) is 11.8 Å². The Kier molecular flexibility index (Phi) is 6.07. The number of methoxy groups -OCH3 is 1. The van der Waals surface area contributed by atoms with Crippen molar-refractivity contribution in [3.8, 4) is 0 Å². The largest absolute Gasteiger partial charge is 0.383 e. The summed E-state index contributed by atoms with van der Waals surface area (Å²) in [5, 5.41) is 3.94. The summed E-state index contributed by atoms with van der Waals surface area (Å²) in [6.07, 6.45) is 0. The number of Topliss-reactive ketones (excluding diaryl/α,β-unsaturated/α-hetero) is 1. The van der Waals surface area contributed by atoms with Gasteiger partial charge in [0.05, 0.1) is 18.1 Å². The molecule has 0 aromatic carbocycles. The van der Waals surface area contributed by atoms with Gasteiger partial charge in [-0.1, -0.05) is 5.16 Å². The first kappa shape index (κ1) is 17.8. The van der Waals surface area contributed by atoms with Crippen molar-refractivity contribution in [1.82, 2.24) is 9.72 Å². The predicted molar refractivity (Wildman–Crippen MR) is 92.3 cm³/mol. The lowest BCUT2D eigenvalue weighted by Crippen LogP contribution is -2.09. The van der Waals surface area contributed by atoms with Crippen LogP contribution >= 0.6 is 11.8 Å². The number of hydrogen-bond donors (Lipinski definition) is 0. The molecule has 2 aromatic heterocycles. The van der Waals surface area contributed by atoms with Gasteiger partial charge in [0.25, 0.3) is 0 Å². The maximum absolute atomic E-state index is 12.5. The highest BCUT2D eigenvalue weighted by atomic mass is 32.2. The van der Waals surface area contributed by atoms with Gasteiger partial charge in [-0.2, -0.15) is 0 Å². The molecular weight excluding hydrogens is 312 g/mol. The van der Waals surface area contributed by atoms with Gasteiger partial charge in [0.15, 0.2) is 5.78 Å². The first-order valence-electron chi connectivity index (χ1n) is 7.64. The van der Waals surface area contributed by atoms with E-state index in [0.29, 0.717) is 12.4 Å². The van der Waals surface area contributed by atoms with Crippen LogP contribution in [0.5, 0.6) is 0 Å². The molecule has 2 heterocycles. The molecule has 0 spiro atoms.